The summed E-state index contributed by atoms with van der Waals surface area (Å²) >= 11 is 4.52. The second-order valence-electron chi connectivity index (χ2n) is 6.41. The molecule has 1 saturated heterocycles. The van der Waals surface area contributed by atoms with Crippen LogP contribution in [0.4, 0.5) is 0 Å². The third kappa shape index (κ3) is 2.83. The van der Waals surface area contributed by atoms with E-state index in [-0.39, 0.29) is 29.1 Å². The Morgan fingerprint density at radius 3 is 1.95 bits per heavy atom. The van der Waals surface area contributed by atoms with E-state index in [9.17, 15) is 9.59 Å². The van der Waals surface area contributed by atoms with Gasteiger partial charge in [-0.05, 0) is 24.0 Å². The maximum absolute atomic E-state index is 12.2. The van der Waals surface area contributed by atoms with E-state index < -0.39 is 0 Å². The highest BCUT2D eigenvalue weighted by Gasteiger charge is 2.45. The number of thiol groups is 1. The average molecular weight is 283 g/mol. The highest BCUT2D eigenvalue weighted by molar-refractivity contribution is 7.80. The molecule has 3 nitrogen and oxygen atoms in total. The quantitative estimate of drug-likeness (QED) is 0.491. The lowest BCUT2D eigenvalue weighted by Crippen LogP contribution is -2.42. The van der Waals surface area contributed by atoms with Crippen molar-refractivity contribution in [2.45, 2.75) is 52.4 Å². The first-order valence-corrected chi connectivity index (χ1v) is 8.10. The van der Waals surface area contributed by atoms with Gasteiger partial charge in [0.15, 0.2) is 0 Å². The van der Waals surface area contributed by atoms with Gasteiger partial charge in [-0.2, -0.15) is 12.6 Å². The Balaban J connectivity index is 2.13. The van der Waals surface area contributed by atoms with E-state index in [1.54, 1.807) is 0 Å². The molecule has 0 N–H and O–H groups in total. The van der Waals surface area contributed by atoms with Crippen LogP contribution in [-0.2, 0) is 9.59 Å². The molecule has 2 atom stereocenters. The van der Waals surface area contributed by atoms with Crippen molar-refractivity contribution in [1.29, 1.82) is 0 Å². The molecule has 4 heteroatoms. The lowest BCUT2D eigenvalue weighted by molar-refractivity contribution is -0.141. The molecule has 0 aromatic heterocycles. The SMILES string of the molecule is CC1C(=O)N(CC2(CS)CCCCCC2)C(=O)C1C. The van der Waals surface area contributed by atoms with Gasteiger partial charge in [0.1, 0.15) is 0 Å². The summed E-state index contributed by atoms with van der Waals surface area (Å²) in [5.74, 6) is 0.489. The van der Waals surface area contributed by atoms with Crippen molar-refractivity contribution in [1.82, 2.24) is 4.90 Å². The second-order valence-corrected chi connectivity index (χ2v) is 6.73. The van der Waals surface area contributed by atoms with Gasteiger partial charge in [0, 0.05) is 18.4 Å². The van der Waals surface area contributed by atoms with Gasteiger partial charge in [-0.1, -0.05) is 39.5 Å². The summed E-state index contributed by atoms with van der Waals surface area (Å²) in [6.07, 6.45) is 7.12. The Kier molecular flexibility index (Phi) is 4.59. The van der Waals surface area contributed by atoms with Crippen molar-refractivity contribution in [2.24, 2.45) is 17.3 Å². The van der Waals surface area contributed by atoms with Crippen LogP contribution in [-0.4, -0.2) is 29.0 Å². The Labute approximate surface area is 121 Å². The van der Waals surface area contributed by atoms with Crippen LogP contribution in [0.15, 0.2) is 0 Å². The number of rotatable bonds is 3. The Morgan fingerprint density at radius 2 is 1.53 bits per heavy atom. The number of carbonyl (C=O) groups is 2. The number of amides is 2. The molecule has 0 aromatic carbocycles. The van der Waals surface area contributed by atoms with Gasteiger partial charge in [0.2, 0.25) is 11.8 Å². The fraction of sp³-hybridized carbons (Fsp3) is 0.867. The van der Waals surface area contributed by atoms with Gasteiger partial charge < -0.3 is 0 Å². The molecule has 0 spiro atoms. The van der Waals surface area contributed by atoms with Crippen molar-refractivity contribution < 1.29 is 9.59 Å². The fourth-order valence-electron chi connectivity index (χ4n) is 3.36. The standard InChI is InChI=1S/C15H25NO2S/c1-11-12(2)14(18)16(13(11)17)9-15(10-19)7-5-3-4-6-8-15/h11-12,19H,3-10H2,1-2H3. The molecule has 0 aromatic rings. The molecule has 2 unspecified atom stereocenters. The summed E-state index contributed by atoms with van der Waals surface area (Å²) in [5.41, 5.74) is 0.0503. The Hall–Kier alpha value is -0.510. The molecule has 1 heterocycles. The van der Waals surface area contributed by atoms with Gasteiger partial charge in [0.25, 0.3) is 0 Å². The van der Waals surface area contributed by atoms with Crippen molar-refractivity contribution >= 4 is 24.4 Å². The van der Waals surface area contributed by atoms with E-state index in [2.05, 4.69) is 12.6 Å². The zero-order valence-electron chi connectivity index (χ0n) is 12.0. The van der Waals surface area contributed by atoms with E-state index in [1.807, 2.05) is 13.8 Å². The summed E-state index contributed by atoms with van der Waals surface area (Å²) in [4.78, 5) is 26.0. The minimum Gasteiger partial charge on any atom is -0.282 e. The minimum absolute atomic E-state index is 0.0166. The molecule has 2 aliphatic rings. The van der Waals surface area contributed by atoms with Crippen molar-refractivity contribution in [3.63, 3.8) is 0 Å². The van der Waals surface area contributed by atoms with Crippen LogP contribution in [0.1, 0.15) is 52.4 Å². The molecule has 19 heavy (non-hydrogen) atoms. The molecule has 1 saturated carbocycles. The molecule has 2 amide bonds. The first kappa shape index (κ1) is 14.9. The molecule has 2 fully saturated rings. The van der Waals surface area contributed by atoms with E-state index in [1.165, 1.54) is 30.6 Å². The maximum atomic E-state index is 12.2. The maximum Gasteiger partial charge on any atom is 0.232 e. The highest BCUT2D eigenvalue weighted by atomic mass is 32.1. The highest BCUT2D eigenvalue weighted by Crippen LogP contribution is 2.39. The largest absolute Gasteiger partial charge is 0.282 e. The van der Waals surface area contributed by atoms with Crippen LogP contribution >= 0.6 is 12.6 Å². The first-order valence-electron chi connectivity index (χ1n) is 7.47. The van der Waals surface area contributed by atoms with Crippen LogP contribution in [0, 0.1) is 17.3 Å². The normalized spacial score (nSPS) is 31.6. The molecular formula is C15H25NO2S. The van der Waals surface area contributed by atoms with Crippen LogP contribution in [0.2, 0.25) is 0 Å². The van der Waals surface area contributed by atoms with Crippen LogP contribution in [0.3, 0.4) is 0 Å². The van der Waals surface area contributed by atoms with Gasteiger partial charge >= 0.3 is 0 Å². The monoisotopic (exact) mass is 283 g/mol. The summed E-state index contributed by atoms with van der Waals surface area (Å²) in [7, 11) is 0. The molecule has 0 radical (unpaired) electrons. The van der Waals surface area contributed by atoms with Crippen molar-refractivity contribution in [3.05, 3.63) is 0 Å². The number of likely N-dealkylation sites (tertiary alicyclic amines) is 1. The van der Waals surface area contributed by atoms with Crippen molar-refractivity contribution in [2.75, 3.05) is 12.3 Å². The van der Waals surface area contributed by atoms with Crippen LogP contribution in [0.25, 0.3) is 0 Å². The van der Waals surface area contributed by atoms with Gasteiger partial charge in [0.05, 0.1) is 0 Å². The number of carbonyl (C=O) groups excluding carboxylic acids is 2. The summed E-state index contributed by atoms with van der Waals surface area (Å²) in [6.45, 7) is 4.32. The van der Waals surface area contributed by atoms with Gasteiger partial charge in [-0.3, -0.25) is 14.5 Å². The molecule has 2 rings (SSSR count). The summed E-state index contributed by atoms with van der Waals surface area (Å²) in [6, 6.07) is 0. The molecule has 1 aliphatic carbocycles. The first-order chi connectivity index (χ1) is 9.01. The second kappa shape index (κ2) is 5.86. The molecule has 1 aliphatic heterocycles. The lowest BCUT2D eigenvalue weighted by atomic mass is 9.81. The minimum atomic E-state index is -0.157. The summed E-state index contributed by atoms with van der Waals surface area (Å²) in [5, 5.41) is 0. The number of hydrogen-bond acceptors (Lipinski definition) is 3. The Morgan fingerprint density at radius 1 is 1.05 bits per heavy atom. The fourth-order valence-corrected chi connectivity index (χ4v) is 3.78. The van der Waals surface area contributed by atoms with Crippen LogP contribution in [0.5, 0.6) is 0 Å². The number of nitrogens with zero attached hydrogens (tertiary/aromatic N) is 1. The Bertz CT molecular complexity index is 341. The van der Waals surface area contributed by atoms with Crippen LogP contribution < -0.4 is 0 Å². The number of imide groups is 1. The lowest BCUT2D eigenvalue weighted by Gasteiger charge is -2.34. The van der Waals surface area contributed by atoms with E-state index in [4.69, 9.17) is 0 Å². The predicted molar refractivity (Wildman–Crippen MR) is 79.0 cm³/mol. The van der Waals surface area contributed by atoms with Crippen molar-refractivity contribution in [3.8, 4) is 0 Å². The molecule has 0 bridgehead atoms. The zero-order chi connectivity index (χ0) is 14.0. The van der Waals surface area contributed by atoms with Gasteiger partial charge in [-0.15, -0.1) is 0 Å². The van der Waals surface area contributed by atoms with Gasteiger partial charge in [-0.25, -0.2) is 0 Å². The molecular weight excluding hydrogens is 258 g/mol. The molecule has 108 valence electrons. The number of hydrogen-bond donors (Lipinski definition) is 1. The third-order valence-corrected chi connectivity index (χ3v) is 5.73. The van der Waals surface area contributed by atoms with E-state index in [0.717, 1.165) is 18.6 Å². The average Bonchev–Trinajstić information content (AvgIpc) is 2.63. The third-order valence-electron chi connectivity index (χ3n) is 5.05. The topological polar surface area (TPSA) is 37.4 Å². The summed E-state index contributed by atoms with van der Waals surface area (Å²) < 4.78 is 0. The zero-order valence-corrected chi connectivity index (χ0v) is 12.9. The smallest absolute Gasteiger partial charge is 0.232 e. The predicted octanol–water partition coefficient (Wildman–Crippen LogP) is 2.90. The van der Waals surface area contributed by atoms with E-state index in [0.29, 0.717) is 6.54 Å². The van der Waals surface area contributed by atoms with E-state index >= 15 is 0 Å².